The first-order valence-electron chi connectivity index (χ1n) is 5.35. The second kappa shape index (κ2) is 5.20. The molecule has 0 aliphatic carbocycles. The molecule has 0 spiro atoms. The van der Waals surface area contributed by atoms with Gasteiger partial charge in [0.05, 0.1) is 16.3 Å². The molecule has 0 aliphatic rings. The van der Waals surface area contributed by atoms with Crippen molar-refractivity contribution in [1.82, 2.24) is 15.0 Å². The van der Waals surface area contributed by atoms with Gasteiger partial charge in [0, 0.05) is 11.6 Å². The highest BCUT2D eigenvalue weighted by molar-refractivity contribution is 7.20. The minimum atomic E-state index is 0.885. The Labute approximate surface area is 113 Å². The average molecular weight is 271 g/mol. The Bertz CT molecular complexity index is 642. The zero-order valence-corrected chi connectivity index (χ0v) is 11.0. The molecule has 0 atom stereocenters. The molecule has 0 saturated carbocycles. The molecule has 3 nitrogen and oxygen atoms in total. The first-order chi connectivity index (χ1) is 8.92. The van der Waals surface area contributed by atoms with E-state index in [1.165, 1.54) is 11.2 Å². The summed E-state index contributed by atoms with van der Waals surface area (Å²) in [5.74, 6) is 0. The highest BCUT2D eigenvalue weighted by atomic mass is 32.1. The van der Waals surface area contributed by atoms with Gasteiger partial charge in [0.1, 0.15) is 11.3 Å². The van der Waals surface area contributed by atoms with Crippen LogP contribution in [0.25, 0.3) is 22.0 Å². The molecule has 0 N–H and O–H groups in total. The Morgan fingerprint density at radius 1 is 1.06 bits per heavy atom. The summed E-state index contributed by atoms with van der Waals surface area (Å²) in [7, 11) is 0. The van der Waals surface area contributed by atoms with E-state index in [4.69, 9.17) is 0 Å². The summed E-state index contributed by atoms with van der Waals surface area (Å²) in [5.41, 5.74) is 1.85. The van der Waals surface area contributed by atoms with Gasteiger partial charge in [0.2, 0.25) is 0 Å². The molecule has 3 heterocycles. The fourth-order valence-electron chi connectivity index (χ4n) is 1.45. The van der Waals surface area contributed by atoms with Crippen LogP contribution in [0.2, 0.25) is 0 Å². The average Bonchev–Trinajstić information content (AvgIpc) is 3.08. The van der Waals surface area contributed by atoms with E-state index in [0.717, 1.165) is 16.4 Å². The number of rotatable bonds is 3. The van der Waals surface area contributed by atoms with Gasteiger partial charge in [-0.15, -0.1) is 22.7 Å². The van der Waals surface area contributed by atoms with Crippen molar-refractivity contribution in [1.29, 1.82) is 0 Å². The first kappa shape index (κ1) is 11.3. The lowest BCUT2D eigenvalue weighted by Crippen LogP contribution is -1.80. The van der Waals surface area contributed by atoms with Crippen molar-refractivity contribution in [2.45, 2.75) is 0 Å². The molecule has 5 heteroatoms. The summed E-state index contributed by atoms with van der Waals surface area (Å²) in [6, 6.07) is 5.99. The summed E-state index contributed by atoms with van der Waals surface area (Å²) in [4.78, 5) is 13.8. The maximum Gasteiger partial charge on any atom is 0.134 e. The maximum atomic E-state index is 4.57. The minimum Gasteiger partial charge on any atom is -0.245 e. The molecule has 0 unspecified atom stereocenters. The van der Waals surface area contributed by atoms with Gasteiger partial charge in [-0.3, -0.25) is 0 Å². The second-order valence-electron chi connectivity index (χ2n) is 3.52. The van der Waals surface area contributed by atoms with Gasteiger partial charge in [-0.25, -0.2) is 15.0 Å². The van der Waals surface area contributed by atoms with E-state index in [1.54, 1.807) is 28.9 Å². The molecular formula is C13H9N3S2. The zero-order chi connectivity index (χ0) is 12.2. The number of thiophene rings is 1. The van der Waals surface area contributed by atoms with Crippen LogP contribution in [0.4, 0.5) is 0 Å². The van der Waals surface area contributed by atoms with Crippen molar-refractivity contribution in [3.05, 3.63) is 52.9 Å². The topological polar surface area (TPSA) is 38.7 Å². The lowest BCUT2D eigenvalue weighted by molar-refractivity contribution is 1.15. The van der Waals surface area contributed by atoms with E-state index < -0.39 is 0 Å². The van der Waals surface area contributed by atoms with Crippen LogP contribution >= 0.6 is 22.7 Å². The summed E-state index contributed by atoms with van der Waals surface area (Å²) in [5, 5.41) is 5.17. The van der Waals surface area contributed by atoms with Gasteiger partial charge in [0.15, 0.2) is 0 Å². The van der Waals surface area contributed by atoms with Crippen LogP contribution in [0, 0.1) is 0 Å². The fourth-order valence-corrected chi connectivity index (χ4v) is 3.05. The molecule has 0 radical (unpaired) electrons. The Kier molecular flexibility index (Phi) is 3.25. The summed E-state index contributed by atoms with van der Waals surface area (Å²) in [6.45, 7) is 0. The molecule has 3 aromatic rings. The van der Waals surface area contributed by atoms with Gasteiger partial charge in [-0.05, 0) is 29.7 Å². The number of thiazole rings is 1. The van der Waals surface area contributed by atoms with Crippen molar-refractivity contribution in [2.24, 2.45) is 0 Å². The molecule has 0 aromatic carbocycles. The van der Waals surface area contributed by atoms with E-state index in [1.807, 2.05) is 29.7 Å². The summed E-state index contributed by atoms with van der Waals surface area (Å²) >= 11 is 3.36. The predicted molar refractivity (Wildman–Crippen MR) is 76.4 cm³/mol. The predicted octanol–water partition coefficient (Wildman–Crippen LogP) is 3.83. The van der Waals surface area contributed by atoms with Gasteiger partial charge in [-0.1, -0.05) is 6.07 Å². The molecular weight excluding hydrogens is 262 g/mol. The van der Waals surface area contributed by atoms with Gasteiger partial charge < -0.3 is 0 Å². The molecule has 0 bridgehead atoms. The zero-order valence-electron chi connectivity index (χ0n) is 9.35. The second-order valence-corrected chi connectivity index (χ2v) is 5.33. The Morgan fingerprint density at radius 2 is 2.00 bits per heavy atom. The Balaban J connectivity index is 1.80. The van der Waals surface area contributed by atoms with Crippen LogP contribution < -0.4 is 0 Å². The third-order valence-electron chi connectivity index (χ3n) is 2.28. The third kappa shape index (κ3) is 2.52. The smallest absolute Gasteiger partial charge is 0.134 e. The molecule has 0 aliphatic heterocycles. The van der Waals surface area contributed by atoms with Crippen molar-refractivity contribution in [2.75, 3.05) is 0 Å². The molecule has 0 amide bonds. The maximum absolute atomic E-state index is 4.57. The standard InChI is InChI=1S/C13H9N3S2/c1-2-12(17-7-1)13-16-11(8-18-13)4-3-10-5-6-14-9-15-10/h1-9H/b4-3+. The van der Waals surface area contributed by atoms with Crippen LogP contribution in [-0.2, 0) is 0 Å². The largest absolute Gasteiger partial charge is 0.245 e. The quantitative estimate of drug-likeness (QED) is 0.726. The fraction of sp³-hybridized carbons (Fsp3) is 0. The van der Waals surface area contributed by atoms with Crippen LogP contribution in [0.15, 0.2) is 41.5 Å². The van der Waals surface area contributed by atoms with E-state index in [-0.39, 0.29) is 0 Å². The van der Waals surface area contributed by atoms with E-state index in [0.29, 0.717) is 0 Å². The highest BCUT2D eigenvalue weighted by Gasteiger charge is 2.03. The minimum absolute atomic E-state index is 0.885. The van der Waals surface area contributed by atoms with Crippen molar-refractivity contribution in [3.63, 3.8) is 0 Å². The Morgan fingerprint density at radius 3 is 2.78 bits per heavy atom. The SMILES string of the molecule is C(=C\c1csc(-c2cccs2)n1)/c1ccncn1. The monoisotopic (exact) mass is 271 g/mol. The summed E-state index contributed by atoms with van der Waals surface area (Å²) in [6.07, 6.45) is 7.17. The van der Waals surface area contributed by atoms with Crippen molar-refractivity contribution >= 4 is 34.8 Å². The number of nitrogens with zero attached hydrogens (tertiary/aromatic N) is 3. The molecule has 88 valence electrons. The van der Waals surface area contributed by atoms with Crippen LogP contribution in [0.1, 0.15) is 11.4 Å². The van der Waals surface area contributed by atoms with Crippen molar-refractivity contribution in [3.8, 4) is 9.88 Å². The molecule has 18 heavy (non-hydrogen) atoms. The Hall–Kier alpha value is -1.85. The van der Waals surface area contributed by atoms with Crippen LogP contribution in [-0.4, -0.2) is 15.0 Å². The first-order valence-corrected chi connectivity index (χ1v) is 7.11. The number of hydrogen-bond acceptors (Lipinski definition) is 5. The van der Waals surface area contributed by atoms with E-state index in [2.05, 4.69) is 26.4 Å². The molecule has 0 fully saturated rings. The van der Waals surface area contributed by atoms with Gasteiger partial charge in [0.25, 0.3) is 0 Å². The normalized spacial score (nSPS) is 11.1. The highest BCUT2D eigenvalue weighted by Crippen LogP contribution is 2.28. The number of hydrogen-bond donors (Lipinski definition) is 0. The molecule has 3 rings (SSSR count). The van der Waals surface area contributed by atoms with Gasteiger partial charge >= 0.3 is 0 Å². The van der Waals surface area contributed by atoms with Gasteiger partial charge in [-0.2, -0.15) is 0 Å². The van der Waals surface area contributed by atoms with E-state index >= 15 is 0 Å². The van der Waals surface area contributed by atoms with E-state index in [9.17, 15) is 0 Å². The van der Waals surface area contributed by atoms with Crippen LogP contribution in [0.5, 0.6) is 0 Å². The third-order valence-corrected chi connectivity index (χ3v) is 4.18. The lowest BCUT2D eigenvalue weighted by atomic mass is 10.3. The number of aromatic nitrogens is 3. The van der Waals surface area contributed by atoms with Crippen LogP contribution in [0.3, 0.4) is 0 Å². The lowest BCUT2D eigenvalue weighted by Gasteiger charge is -1.89. The van der Waals surface area contributed by atoms with Crippen molar-refractivity contribution < 1.29 is 0 Å². The molecule has 3 aromatic heterocycles. The molecule has 0 saturated heterocycles. The summed E-state index contributed by atoms with van der Waals surface area (Å²) < 4.78 is 0.